The van der Waals surface area contributed by atoms with E-state index in [0.717, 1.165) is 12.1 Å². The van der Waals surface area contributed by atoms with E-state index < -0.39 is 0 Å². The lowest BCUT2D eigenvalue weighted by Crippen LogP contribution is -2.08. The molecule has 94 valence electrons. The summed E-state index contributed by atoms with van der Waals surface area (Å²) in [4.78, 5) is 19.7. The summed E-state index contributed by atoms with van der Waals surface area (Å²) in [5, 5.41) is 0. The van der Waals surface area contributed by atoms with Crippen molar-refractivity contribution in [3.05, 3.63) is 18.1 Å². The van der Waals surface area contributed by atoms with Crippen molar-refractivity contribution in [1.29, 1.82) is 0 Å². The fraction of sp³-hybridized carbons (Fsp3) is 0.615. The number of nitrogens with zero attached hydrogens (tertiary/aromatic N) is 2. The van der Waals surface area contributed by atoms with Gasteiger partial charge in [0.15, 0.2) is 0 Å². The molecule has 0 aromatic carbocycles. The number of rotatable bonds is 7. The van der Waals surface area contributed by atoms with Gasteiger partial charge in [0.2, 0.25) is 5.88 Å². The molecular weight excluding hydrogens is 216 g/mol. The summed E-state index contributed by atoms with van der Waals surface area (Å²) in [5.74, 6) is 1.15. The summed E-state index contributed by atoms with van der Waals surface area (Å²) in [7, 11) is 0. The molecule has 1 aromatic rings. The van der Waals surface area contributed by atoms with E-state index in [1.807, 2.05) is 20.8 Å². The molecule has 0 bridgehead atoms. The van der Waals surface area contributed by atoms with Crippen LogP contribution in [0.1, 0.15) is 39.3 Å². The van der Waals surface area contributed by atoms with Gasteiger partial charge in [-0.1, -0.05) is 20.8 Å². The zero-order valence-corrected chi connectivity index (χ0v) is 10.8. The van der Waals surface area contributed by atoms with E-state index in [-0.39, 0.29) is 5.78 Å². The maximum atomic E-state index is 11.6. The number of ether oxygens (including phenoxy) is 1. The molecule has 0 amide bonds. The van der Waals surface area contributed by atoms with Crippen LogP contribution < -0.4 is 4.74 Å². The number of hydrogen-bond acceptors (Lipinski definition) is 4. The summed E-state index contributed by atoms with van der Waals surface area (Å²) < 4.78 is 5.40. The molecule has 0 N–H and O–H groups in total. The van der Waals surface area contributed by atoms with Gasteiger partial charge in [0.1, 0.15) is 12.1 Å². The van der Waals surface area contributed by atoms with Gasteiger partial charge in [-0.3, -0.25) is 4.79 Å². The van der Waals surface area contributed by atoms with Gasteiger partial charge in [0, 0.05) is 18.9 Å². The van der Waals surface area contributed by atoms with Crippen LogP contribution in [-0.2, 0) is 11.2 Å². The molecule has 0 spiro atoms. The number of ketones is 1. The molecular formula is C13H20N2O2. The number of Topliss-reactive ketones (excluding diaryl/α,β-unsaturated/α-hetero) is 1. The van der Waals surface area contributed by atoms with Crippen molar-refractivity contribution in [2.75, 3.05) is 6.61 Å². The number of hydrogen-bond donors (Lipinski definition) is 0. The van der Waals surface area contributed by atoms with E-state index in [2.05, 4.69) is 9.97 Å². The highest BCUT2D eigenvalue weighted by Gasteiger charge is 2.08. The van der Waals surface area contributed by atoms with Crippen molar-refractivity contribution in [3.8, 4) is 5.88 Å². The zero-order valence-electron chi connectivity index (χ0n) is 10.8. The average molecular weight is 236 g/mol. The van der Waals surface area contributed by atoms with Gasteiger partial charge in [-0.2, -0.15) is 0 Å². The third-order valence-corrected chi connectivity index (χ3v) is 2.17. The van der Waals surface area contributed by atoms with Gasteiger partial charge in [-0.05, 0) is 12.3 Å². The summed E-state index contributed by atoms with van der Waals surface area (Å²) in [5.41, 5.74) is 0.733. The molecule has 1 aromatic heterocycles. The first-order chi connectivity index (χ1) is 8.11. The molecule has 0 aliphatic heterocycles. The minimum Gasteiger partial charge on any atom is -0.478 e. The molecule has 1 rings (SSSR count). The molecule has 0 unspecified atom stereocenters. The second-order valence-corrected chi connectivity index (χ2v) is 4.51. The van der Waals surface area contributed by atoms with Crippen LogP contribution >= 0.6 is 0 Å². The van der Waals surface area contributed by atoms with E-state index in [1.165, 1.54) is 6.33 Å². The van der Waals surface area contributed by atoms with E-state index in [9.17, 15) is 4.79 Å². The SMILES string of the molecule is CCCOc1cc(CC(=O)CC(C)C)ncn1. The first-order valence-corrected chi connectivity index (χ1v) is 6.07. The van der Waals surface area contributed by atoms with Gasteiger partial charge in [-0.15, -0.1) is 0 Å². The van der Waals surface area contributed by atoms with E-state index in [1.54, 1.807) is 6.07 Å². The van der Waals surface area contributed by atoms with Crippen LogP contribution in [0.15, 0.2) is 12.4 Å². The molecule has 0 saturated carbocycles. The Labute approximate surface area is 102 Å². The van der Waals surface area contributed by atoms with Gasteiger partial charge >= 0.3 is 0 Å². The molecule has 0 fully saturated rings. The molecule has 0 radical (unpaired) electrons. The lowest BCUT2D eigenvalue weighted by Gasteiger charge is -2.06. The third-order valence-electron chi connectivity index (χ3n) is 2.17. The first-order valence-electron chi connectivity index (χ1n) is 6.07. The molecule has 4 nitrogen and oxygen atoms in total. The van der Waals surface area contributed by atoms with Crippen LogP contribution in [0.2, 0.25) is 0 Å². The van der Waals surface area contributed by atoms with Gasteiger partial charge in [0.25, 0.3) is 0 Å². The predicted molar refractivity (Wildman–Crippen MR) is 66.0 cm³/mol. The van der Waals surface area contributed by atoms with Crippen LogP contribution in [0.25, 0.3) is 0 Å². The lowest BCUT2D eigenvalue weighted by atomic mass is 10.0. The van der Waals surface area contributed by atoms with Crippen molar-refractivity contribution >= 4 is 5.78 Å². The van der Waals surface area contributed by atoms with Crippen LogP contribution in [-0.4, -0.2) is 22.4 Å². The Bertz CT molecular complexity index is 364. The van der Waals surface area contributed by atoms with Crippen molar-refractivity contribution in [2.45, 2.75) is 40.0 Å². The maximum Gasteiger partial charge on any atom is 0.216 e. The average Bonchev–Trinajstić information content (AvgIpc) is 2.25. The topological polar surface area (TPSA) is 52.1 Å². The Morgan fingerprint density at radius 2 is 2.18 bits per heavy atom. The summed E-state index contributed by atoms with van der Waals surface area (Å²) in [6.45, 7) is 6.74. The molecule has 17 heavy (non-hydrogen) atoms. The Morgan fingerprint density at radius 1 is 1.41 bits per heavy atom. The zero-order chi connectivity index (χ0) is 12.7. The predicted octanol–water partition coefficient (Wildman–Crippen LogP) is 2.42. The standard InChI is InChI=1S/C13H20N2O2/c1-4-5-17-13-8-11(14-9-15-13)7-12(16)6-10(2)3/h8-10H,4-7H2,1-3H3. The highest BCUT2D eigenvalue weighted by molar-refractivity contribution is 5.80. The van der Waals surface area contributed by atoms with Crippen LogP contribution in [0.3, 0.4) is 0 Å². The highest BCUT2D eigenvalue weighted by Crippen LogP contribution is 2.10. The van der Waals surface area contributed by atoms with Crippen molar-refractivity contribution < 1.29 is 9.53 Å². The molecule has 0 atom stereocenters. The Balaban J connectivity index is 2.56. The Morgan fingerprint density at radius 3 is 2.82 bits per heavy atom. The molecule has 1 heterocycles. The highest BCUT2D eigenvalue weighted by atomic mass is 16.5. The second-order valence-electron chi connectivity index (χ2n) is 4.51. The molecule has 4 heteroatoms. The van der Waals surface area contributed by atoms with Crippen LogP contribution in [0, 0.1) is 5.92 Å². The number of carbonyl (C=O) groups excluding carboxylic acids is 1. The number of carbonyl (C=O) groups is 1. The fourth-order valence-electron chi connectivity index (χ4n) is 1.49. The normalized spacial score (nSPS) is 10.6. The molecule has 0 saturated heterocycles. The van der Waals surface area contributed by atoms with Crippen molar-refractivity contribution in [3.63, 3.8) is 0 Å². The van der Waals surface area contributed by atoms with Gasteiger partial charge in [-0.25, -0.2) is 9.97 Å². The van der Waals surface area contributed by atoms with Crippen LogP contribution in [0.4, 0.5) is 0 Å². The Hall–Kier alpha value is -1.45. The first kappa shape index (κ1) is 13.6. The second kappa shape index (κ2) is 6.99. The van der Waals surface area contributed by atoms with Gasteiger partial charge in [0.05, 0.1) is 12.3 Å². The van der Waals surface area contributed by atoms with Crippen LogP contribution in [0.5, 0.6) is 5.88 Å². The minimum atomic E-state index is 0.208. The maximum absolute atomic E-state index is 11.6. The lowest BCUT2D eigenvalue weighted by molar-refractivity contribution is -0.119. The largest absolute Gasteiger partial charge is 0.478 e. The summed E-state index contributed by atoms with van der Waals surface area (Å²) in [6, 6.07) is 1.74. The summed E-state index contributed by atoms with van der Waals surface area (Å²) in [6.07, 6.45) is 3.34. The molecule has 0 aliphatic rings. The van der Waals surface area contributed by atoms with Crippen molar-refractivity contribution in [2.24, 2.45) is 5.92 Å². The summed E-state index contributed by atoms with van der Waals surface area (Å²) >= 11 is 0. The molecule has 0 aliphatic carbocycles. The van der Waals surface area contributed by atoms with Gasteiger partial charge < -0.3 is 4.74 Å². The van der Waals surface area contributed by atoms with E-state index in [0.29, 0.717) is 31.2 Å². The number of aromatic nitrogens is 2. The third kappa shape index (κ3) is 5.43. The smallest absolute Gasteiger partial charge is 0.216 e. The monoisotopic (exact) mass is 236 g/mol. The van der Waals surface area contributed by atoms with Crippen molar-refractivity contribution in [1.82, 2.24) is 9.97 Å². The fourth-order valence-corrected chi connectivity index (χ4v) is 1.49. The van der Waals surface area contributed by atoms with E-state index in [4.69, 9.17) is 4.74 Å². The quantitative estimate of drug-likeness (QED) is 0.729. The minimum absolute atomic E-state index is 0.208. The Kier molecular flexibility index (Phi) is 5.60. The van der Waals surface area contributed by atoms with E-state index >= 15 is 0 Å².